The molecule has 6 nitrogen and oxygen atoms in total. The molecule has 150 valence electrons. The molecule has 29 heavy (non-hydrogen) atoms. The van der Waals surface area contributed by atoms with E-state index in [1.807, 2.05) is 30.3 Å². The van der Waals surface area contributed by atoms with Gasteiger partial charge in [0.2, 0.25) is 0 Å². The SMILES string of the molecule is Cn1nc(C2CCN(C(=O)c3cc(F)cc(F)c3)CC2)n(-c2ccccc2)c1=O. The first kappa shape index (κ1) is 19.0. The first-order valence-electron chi connectivity index (χ1n) is 9.41. The van der Waals surface area contributed by atoms with E-state index >= 15 is 0 Å². The number of hydrogen-bond donors (Lipinski definition) is 0. The number of aromatic nitrogens is 3. The van der Waals surface area contributed by atoms with E-state index in [0.717, 1.165) is 23.9 Å². The molecule has 0 radical (unpaired) electrons. The minimum absolute atomic E-state index is 0.0000184. The van der Waals surface area contributed by atoms with Gasteiger partial charge in [0.15, 0.2) is 0 Å². The number of carbonyl (C=O) groups excluding carboxylic acids is 1. The van der Waals surface area contributed by atoms with Crippen molar-refractivity contribution >= 4 is 5.91 Å². The van der Waals surface area contributed by atoms with Crippen molar-refractivity contribution in [3.8, 4) is 5.69 Å². The van der Waals surface area contributed by atoms with Gasteiger partial charge in [-0.1, -0.05) is 18.2 Å². The van der Waals surface area contributed by atoms with Crippen LogP contribution in [0.1, 0.15) is 34.9 Å². The van der Waals surface area contributed by atoms with Gasteiger partial charge in [0.25, 0.3) is 5.91 Å². The van der Waals surface area contributed by atoms with Crippen LogP contribution in [0.4, 0.5) is 8.78 Å². The summed E-state index contributed by atoms with van der Waals surface area (Å²) >= 11 is 0. The molecule has 1 aromatic heterocycles. The van der Waals surface area contributed by atoms with E-state index < -0.39 is 17.5 Å². The van der Waals surface area contributed by atoms with Crippen LogP contribution in [0, 0.1) is 11.6 Å². The van der Waals surface area contributed by atoms with E-state index in [4.69, 9.17) is 0 Å². The Morgan fingerprint density at radius 1 is 1.03 bits per heavy atom. The zero-order valence-corrected chi connectivity index (χ0v) is 15.9. The molecular weight excluding hydrogens is 378 g/mol. The average molecular weight is 398 g/mol. The van der Waals surface area contributed by atoms with E-state index in [0.29, 0.717) is 31.8 Å². The van der Waals surface area contributed by atoms with Gasteiger partial charge in [-0.05, 0) is 37.1 Å². The Hall–Kier alpha value is -3.29. The summed E-state index contributed by atoms with van der Waals surface area (Å²) in [6.07, 6.45) is 1.21. The minimum Gasteiger partial charge on any atom is -0.339 e. The molecule has 0 N–H and O–H groups in total. The fourth-order valence-electron chi connectivity index (χ4n) is 3.77. The lowest BCUT2D eigenvalue weighted by atomic mass is 9.95. The van der Waals surface area contributed by atoms with Crippen LogP contribution in [0.25, 0.3) is 5.69 Å². The number of aryl methyl sites for hydroxylation is 1. The number of likely N-dealkylation sites (tertiary alicyclic amines) is 1. The number of halogens is 2. The molecule has 0 bridgehead atoms. The quantitative estimate of drug-likeness (QED) is 0.682. The molecule has 0 atom stereocenters. The van der Waals surface area contributed by atoms with E-state index in [9.17, 15) is 18.4 Å². The Labute approximate surface area is 166 Å². The third kappa shape index (κ3) is 3.70. The zero-order chi connectivity index (χ0) is 20.5. The maximum atomic E-state index is 13.4. The van der Waals surface area contributed by atoms with Crippen LogP contribution < -0.4 is 5.69 Å². The molecule has 4 rings (SSSR count). The lowest BCUT2D eigenvalue weighted by molar-refractivity contribution is 0.0709. The van der Waals surface area contributed by atoms with Gasteiger partial charge >= 0.3 is 5.69 Å². The third-order valence-electron chi connectivity index (χ3n) is 5.22. The second kappa shape index (κ2) is 7.62. The summed E-state index contributed by atoms with van der Waals surface area (Å²) in [6, 6.07) is 12.1. The number of amides is 1. The van der Waals surface area contributed by atoms with Gasteiger partial charge in [-0.2, -0.15) is 5.10 Å². The summed E-state index contributed by atoms with van der Waals surface area (Å²) in [7, 11) is 1.61. The number of benzene rings is 2. The van der Waals surface area contributed by atoms with Crippen molar-refractivity contribution in [2.75, 3.05) is 13.1 Å². The Morgan fingerprint density at radius 3 is 2.28 bits per heavy atom. The Morgan fingerprint density at radius 2 is 1.66 bits per heavy atom. The zero-order valence-electron chi connectivity index (χ0n) is 15.9. The van der Waals surface area contributed by atoms with Crippen LogP contribution >= 0.6 is 0 Å². The summed E-state index contributed by atoms with van der Waals surface area (Å²) in [5.41, 5.74) is 0.522. The van der Waals surface area contributed by atoms with Crippen LogP contribution in [0.15, 0.2) is 53.3 Å². The largest absolute Gasteiger partial charge is 0.350 e. The number of hydrogen-bond acceptors (Lipinski definition) is 3. The number of nitrogens with zero attached hydrogens (tertiary/aromatic N) is 4. The number of carbonyl (C=O) groups is 1. The second-order valence-corrected chi connectivity index (χ2v) is 7.16. The highest BCUT2D eigenvalue weighted by atomic mass is 19.1. The molecule has 3 aromatic rings. The van der Waals surface area contributed by atoms with Crippen LogP contribution in [0.3, 0.4) is 0 Å². The summed E-state index contributed by atoms with van der Waals surface area (Å²) in [4.78, 5) is 26.8. The molecule has 1 fully saturated rings. The maximum absolute atomic E-state index is 13.4. The van der Waals surface area contributed by atoms with Gasteiger partial charge in [0.1, 0.15) is 17.5 Å². The predicted molar refractivity (Wildman–Crippen MR) is 103 cm³/mol. The molecule has 2 aromatic carbocycles. The molecule has 0 aliphatic carbocycles. The van der Waals surface area contributed by atoms with Crippen LogP contribution in [-0.2, 0) is 7.05 Å². The van der Waals surface area contributed by atoms with E-state index in [-0.39, 0.29) is 17.2 Å². The topological polar surface area (TPSA) is 60.1 Å². The Bertz CT molecular complexity index is 1080. The lowest BCUT2D eigenvalue weighted by Gasteiger charge is -2.31. The van der Waals surface area contributed by atoms with Gasteiger partial charge in [0, 0.05) is 37.7 Å². The molecule has 1 amide bonds. The van der Waals surface area contributed by atoms with E-state index in [1.54, 1.807) is 16.5 Å². The second-order valence-electron chi connectivity index (χ2n) is 7.16. The molecule has 1 saturated heterocycles. The fourth-order valence-corrected chi connectivity index (χ4v) is 3.77. The smallest absolute Gasteiger partial charge is 0.339 e. The van der Waals surface area contributed by atoms with Crippen LogP contribution in [0.5, 0.6) is 0 Å². The van der Waals surface area contributed by atoms with Gasteiger partial charge in [-0.25, -0.2) is 22.8 Å². The van der Waals surface area contributed by atoms with Gasteiger partial charge in [-0.3, -0.25) is 4.79 Å². The first-order valence-corrected chi connectivity index (χ1v) is 9.41. The van der Waals surface area contributed by atoms with Crippen molar-refractivity contribution < 1.29 is 13.6 Å². The number of rotatable bonds is 3. The summed E-state index contributed by atoms with van der Waals surface area (Å²) in [5, 5.41) is 4.43. The molecule has 2 heterocycles. The van der Waals surface area contributed by atoms with Crippen molar-refractivity contribution in [1.82, 2.24) is 19.2 Å². The molecule has 8 heteroatoms. The van der Waals surface area contributed by atoms with Crippen molar-refractivity contribution in [3.05, 3.63) is 82.0 Å². The molecule has 0 unspecified atom stereocenters. The molecule has 0 saturated carbocycles. The third-order valence-corrected chi connectivity index (χ3v) is 5.22. The van der Waals surface area contributed by atoms with Crippen molar-refractivity contribution in [3.63, 3.8) is 0 Å². The number of para-hydroxylation sites is 1. The van der Waals surface area contributed by atoms with Gasteiger partial charge < -0.3 is 4.90 Å². The Kier molecular flexibility index (Phi) is 5.00. The standard InChI is InChI=1S/C21H20F2N4O2/c1-25-21(29)27(18-5-3-2-4-6-18)19(24-25)14-7-9-26(10-8-14)20(28)15-11-16(22)13-17(23)12-15/h2-6,11-14H,7-10H2,1H3. The number of piperidine rings is 1. The summed E-state index contributed by atoms with van der Waals surface area (Å²) in [5.74, 6) is -1.29. The highest BCUT2D eigenvalue weighted by Crippen LogP contribution is 2.28. The molecular formula is C21H20F2N4O2. The molecule has 1 aliphatic rings. The highest BCUT2D eigenvalue weighted by molar-refractivity contribution is 5.94. The van der Waals surface area contributed by atoms with Gasteiger partial charge in [-0.15, -0.1) is 0 Å². The highest BCUT2D eigenvalue weighted by Gasteiger charge is 2.29. The Balaban J connectivity index is 1.54. The molecule has 1 aliphatic heterocycles. The van der Waals surface area contributed by atoms with E-state index in [1.165, 1.54) is 4.68 Å². The fraction of sp³-hybridized carbons (Fsp3) is 0.286. The van der Waals surface area contributed by atoms with Crippen molar-refractivity contribution in [2.24, 2.45) is 7.05 Å². The monoisotopic (exact) mass is 398 g/mol. The first-order chi connectivity index (χ1) is 13.9. The van der Waals surface area contributed by atoms with Crippen molar-refractivity contribution in [1.29, 1.82) is 0 Å². The predicted octanol–water partition coefficient (Wildman–Crippen LogP) is 2.87. The summed E-state index contributed by atoms with van der Waals surface area (Å²) in [6.45, 7) is 0.836. The van der Waals surface area contributed by atoms with Crippen LogP contribution in [0.2, 0.25) is 0 Å². The van der Waals surface area contributed by atoms with Crippen LogP contribution in [-0.4, -0.2) is 38.2 Å². The molecule has 0 spiro atoms. The normalized spacial score (nSPS) is 14.9. The lowest BCUT2D eigenvalue weighted by Crippen LogP contribution is -2.38. The van der Waals surface area contributed by atoms with Crippen molar-refractivity contribution in [2.45, 2.75) is 18.8 Å². The average Bonchev–Trinajstić information content (AvgIpc) is 3.02. The minimum atomic E-state index is -0.774. The van der Waals surface area contributed by atoms with Gasteiger partial charge in [0.05, 0.1) is 5.69 Å². The summed E-state index contributed by atoms with van der Waals surface area (Å²) < 4.78 is 29.8. The van der Waals surface area contributed by atoms with E-state index in [2.05, 4.69) is 5.10 Å². The maximum Gasteiger partial charge on any atom is 0.350 e.